The molecule has 0 spiro atoms. The number of carbonyl (C=O) groups is 1. The molecule has 0 aliphatic rings. The van der Waals surface area contributed by atoms with E-state index in [9.17, 15) is 4.79 Å². The Morgan fingerprint density at radius 2 is 2.19 bits per heavy atom. The highest BCUT2D eigenvalue weighted by atomic mass is 35.5. The Balaban J connectivity index is 1.54. The maximum atomic E-state index is 12.5. The van der Waals surface area contributed by atoms with Gasteiger partial charge in [-0.05, 0) is 40.1 Å². The number of ether oxygens (including phenoxy) is 2. The van der Waals surface area contributed by atoms with Gasteiger partial charge < -0.3 is 9.47 Å². The normalized spacial score (nSPS) is 10.9. The van der Waals surface area contributed by atoms with E-state index in [0.717, 1.165) is 5.39 Å². The maximum absolute atomic E-state index is 12.5. The first-order chi connectivity index (χ1) is 13.2. The van der Waals surface area contributed by atoms with Crippen molar-refractivity contribution < 1.29 is 14.3 Å². The molecule has 4 rings (SSSR count). The van der Waals surface area contributed by atoms with E-state index in [2.05, 4.69) is 20.5 Å². The summed E-state index contributed by atoms with van der Waals surface area (Å²) >= 11 is 7.50. The maximum Gasteiger partial charge on any atom is 0.350 e. The summed E-state index contributed by atoms with van der Waals surface area (Å²) in [5.41, 5.74) is 1.88. The molecule has 10 heteroatoms. The molecule has 0 N–H and O–H groups in total. The number of rotatable bonds is 5. The second kappa shape index (κ2) is 7.29. The summed E-state index contributed by atoms with van der Waals surface area (Å²) in [5, 5.41) is 13.9. The molecule has 0 saturated carbocycles. The first-order valence-corrected chi connectivity index (χ1v) is 9.02. The van der Waals surface area contributed by atoms with Crippen molar-refractivity contribution in [3.63, 3.8) is 0 Å². The minimum absolute atomic E-state index is 0.000414. The van der Waals surface area contributed by atoms with E-state index >= 15 is 0 Å². The number of aromatic nitrogens is 5. The molecule has 1 aromatic carbocycles. The summed E-state index contributed by atoms with van der Waals surface area (Å²) in [5.74, 6) is 0.208. The summed E-state index contributed by atoms with van der Waals surface area (Å²) in [6, 6.07) is 9.08. The van der Waals surface area contributed by atoms with Crippen LogP contribution in [0.5, 0.6) is 5.75 Å². The molecule has 0 radical (unpaired) electrons. The number of pyridine rings is 1. The highest BCUT2D eigenvalue weighted by Gasteiger charge is 2.18. The van der Waals surface area contributed by atoms with Gasteiger partial charge in [-0.15, -0.1) is 16.4 Å². The van der Waals surface area contributed by atoms with Crippen LogP contribution in [0, 0.1) is 0 Å². The van der Waals surface area contributed by atoms with Crippen molar-refractivity contribution >= 4 is 39.8 Å². The molecule has 0 fully saturated rings. The SMILES string of the molecule is COc1ccc2cc(COC(=O)c3sccc3-n3cnnn3)c(Cl)nc2c1. The summed E-state index contributed by atoms with van der Waals surface area (Å²) in [6.07, 6.45) is 1.41. The number of methoxy groups -OCH3 is 1. The summed E-state index contributed by atoms with van der Waals surface area (Å²) in [7, 11) is 1.59. The molecular formula is C17H12ClN5O3S. The summed E-state index contributed by atoms with van der Waals surface area (Å²) in [4.78, 5) is 17.2. The van der Waals surface area contributed by atoms with Crippen molar-refractivity contribution in [2.45, 2.75) is 6.61 Å². The van der Waals surface area contributed by atoms with Crippen molar-refractivity contribution in [3.05, 3.63) is 57.6 Å². The molecule has 0 saturated heterocycles. The van der Waals surface area contributed by atoms with E-state index in [1.807, 2.05) is 18.2 Å². The van der Waals surface area contributed by atoms with Crippen LogP contribution in [0.4, 0.5) is 0 Å². The topological polar surface area (TPSA) is 92.0 Å². The minimum Gasteiger partial charge on any atom is -0.497 e. The fraction of sp³-hybridized carbons (Fsp3) is 0.118. The van der Waals surface area contributed by atoms with Crippen LogP contribution in [0.2, 0.25) is 5.15 Å². The number of fused-ring (bicyclic) bond motifs is 1. The van der Waals surface area contributed by atoms with Crippen molar-refractivity contribution in [1.29, 1.82) is 0 Å². The zero-order chi connectivity index (χ0) is 18.8. The molecule has 3 aromatic heterocycles. The second-order valence-corrected chi connectivity index (χ2v) is 6.74. The zero-order valence-electron chi connectivity index (χ0n) is 14.0. The van der Waals surface area contributed by atoms with Crippen LogP contribution < -0.4 is 4.74 Å². The molecule has 0 atom stereocenters. The summed E-state index contributed by atoms with van der Waals surface area (Å²) in [6.45, 7) is -0.000414. The Kier molecular flexibility index (Phi) is 4.69. The number of carbonyl (C=O) groups excluding carboxylic acids is 1. The van der Waals surface area contributed by atoms with Gasteiger partial charge in [0.2, 0.25) is 0 Å². The van der Waals surface area contributed by atoms with Gasteiger partial charge in [0.1, 0.15) is 28.7 Å². The monoisotopic (exact) mass is 401 g/mol. The molecular weight excluding hydrogens is 390 g/mol. The zero-order valence-corrected chi connectivity index (χ0v) is 15.6. The number of benzene rings is 1. The Bertz CT molecular complexity index is 1110. The number of nitrogens with zero attached hydrogens (tertiary/aromatic N) is 5. The van der Waals surface area contributed by atoms with Crippen LogP contribution in [0.15, 0.2) is 42.0 Å². The van der Waals surface area contributed by atoms with Gasteiger partial charge in [0.05, 0.1) is 18.3 Å². The third-order valence-electron chi connectivity index (χ3n) is 3.84. The third-order valence-corrected chi connectivity index (χ3v) is 5.05. The van der Waals surface area contributed by atoms with E-state index < -0.39 is 5.97 Å². The molecule has 3 heterocycles. The minimum atomic E-state index is -0.485. The Morgan fingerprint density at radius 1 is 1.30 bits per heavy atom. The third kappa shape index (κ3) is 3.46. The number of hydrogen-bond acceptors (Lipinski definition) is 8. The van der Waals surface area contributed by atoms with E-state index in [1.165, 1.54) is 22.3 Å². The number of thiophene rings is 1. The smallest absolute Gasteiger partial charge is 0.350 e. The van der Waals surface area contributed by atoms with E-state index in [1.54, 1.807) is 24.6 Å². The number of halogens is 1. The Labute approximate surface area is 162 Å². The fourth-order valence-electron chi connectivity index (χ4n) is 2.51. The molecule has 136 valence electrons. The number of tetrazole rings is 1. The Morgan fingerprint density at radius 3 is 2.96 bits per heavy atom. The van der Waals surface area contributed by atoms with Gasteiger partial charge in [-0.1, -0.05) is 11.6 Å². The van der Waals surface area contributed by atoms with Gasteiger partial charge in [-0.25, -0.2) is 9.78 Å². The predicted molar refractivity (Wildman–Crippen MR) is 99.5 cm³/mol. The highest BCUT2D eigenvalue weighted by molar-refractivity contribution is 7.12. The molecule has 0 unspecified atom stereocenters. The van der Waals surface area contributed by atoms with Crippen molar-refractivity contribution in [2.75, 3.05) is 7.11 Å². The lowest BCUT2D eigenvalue weighted by atomic mass is 10.1. The van der Waals surface area contributed by atoms with Gasteiger partial charge in [-0.3, -0.25) is 0 Å². The van der Waals surface area contributed by atoms with E-state index in [0.29, 0.717) is 27.4 Å². The van der Waals surface area contributed by atoms with Gasteiger partial charge in [0.25, 0.3) is 0 Å². The molecule has 0 amide bonds. The van der Waals surface area contributed by atoms with Crippen LogP contribution in [0.25, 0.3) is 16.6 Å². The van der Waals surface area contributed by atoms with Crippen LogP contribution in [-0.2, 0) is 11.3 Å². The number of hydrogen-bond donors (Lipinski definition) is 0. The highest BCUT2D eigenvalue weighted by Crippen LogP contribution is 2.26. The average Bonchev–Trinajstić information content (AvgIpc) is 3.36. The van der Waals surface area contributed by atoms with Crippen LogP contribution in [0.1, 0.15) is 15.2 Å². The van der Waals surface area contributed by atoms with Gasteiger partial charge in [0, 0.05) is 17.0 Å². The molecule has 4 aromatic rings. The lowest BCUT2D eigenvalue weighted by Gasteiger charge is -2.09. The fourth-order valence-corrected chi connectivity index (χ4v) is 3.48. The number of esters is 1. The van der Waals surface area contributed by atoms with Gasteiger partial charge in [-0.2, -0.15) is 4.68 Å². The average molecular weight is 402 g/mol. The first kappa shape index (κ1) is 17.4. The standard InChI is InChI=1S/C17H12ClN5O3S/c1-25-12-3-2-10-6-11(16(18)20-13(10)7-12)8-26-17(24)15-14(4-5-27-15)23-9-19-21-22-23/h2-7,9H,8H2,1H3. The summed E-state index contributed by atoms with van der Waals surface area (Å²) < 4.78 is 12.0. The second-order valence-electron chi connectivity index (χ2n) is 5.46. The molecule has 0 aliphatic heterocycles. The van der Waals surface area contributed by atoms with E-state index in [-0.39, 0.29) is 11.8 Å². The molecule has 27 heavy (non-hydrogen) atoms. The van der Waals surface area contributed by atoms with Crippen molar-refractivity contribution in [3.8, 4) is 11.4 Å². The van der Waals surface area contributed by atoms with Gasteiger partial charge in [0.15, 0.2) is 0 Å². The molecule has 8 nitrogen and oxygen atoms in total. The van der Waals surface area contributed by atoms with Crippen LogP contribution in [-0.4, -0.2) is 38.3 Å². The van der Waals surface area contributed by atoms with Crippen molar-refractivity contribution in [1.82, 2.24) is 25.2 Å². The lowest BCUT2D eigenvalue weighted by molar-refractivity contribution is 0.0478. The predicted octanol–water partition coefficient (Wildman–Crippen LogP) is 3.29. The first-order valence-electron chi connectivity index (χ1n) is 7.77. The molecule has 0 aliphatic carbocycles. The molecule has 0 bridgehead atoms. The van der Waals surface area contributed by atoms with Gasteiger partial charge >= 0.3 is 5.97 Å². The Hall–Kier alpha value is -3.04. The largest absolute Gasteiger partial charge is 0.497 e. The van der Waals surface area contributed by atoms with E-state index in [4.69, 9.17) is 21.1 Å². The van der Waals surface area contributed by atoms with Crippen molar-refractivity contribution in [2.24, 2.45) is 0 Å². The lowest BCUT2D eigenvalue weighted by Crippen LogP contribution is -2.08. The quantitative estimate of drug-likeness (QED) is 0.374. The van der Waals surface area contributed by atoms with Crippen LogP contribution in [0.3, 0.4) is 0 Å². The van der Waals surface area contributed by atoms with Crippen LogP contribution >= 0.6 is 22.9 Å².